The molecule has 0 aromatic heterocycles. The van der Waals surface area contributed by atoms with Gasteiger partial charge in [-0.05, 0) is 81.4 Å². The Kier molecular flexibility index (Phi) is 7.22. The molecule has 0 amide bonds. The van der Waals surface area contributed by atoms with Gasteiger partial charge in [-0.25, -0.2) is 13.4 Å². The second-order valence-electron chi connectivity index (χ2n) is 11.7. The van der Waals surface area contributed by atoms with Crippen molar-refractivity contribution in [2.75, 3.05) is 6.54 Å². The Balaban J connectivity index is 1.98. The van der Waals surface area contributed by atoms with Crippen LogP contribution in [0.1, 0.15) is 55.4 Å². The quantitative estimate of drug-likeness (QED) is 0.0777. The molecule has 3 aromatic carbocycles. The van der Waals surface area contributed by atoms with Crippen LogP contribution < -0.4 is 29.7 Å². The first kappa shape index (κ1) is 30.7. The van der Waals surface area contributed by atoms with E-state index in [-0.39, 0.29) is 16.7 Å². The lowest BCUT2D eigenvalue weighted by atomic mass is 9.86. The van der Waals surface area contributed by atoms with Crippen LogP contribution in [-0.2, 0) is 10.1 Å². The summed E-state index contributed by atoms with van der Waals surface area (Å²) in [7, 11) is -9.53. The second-order valence-corrected chi connectivity index (χ2v) is 18.3. The summed E-state index contributed by atoms with van der Waals surface area (Å²) in [5.41, 5.74) is -2.64. The van der Waals surface area contributed by atoms with Gasteiger partial charge in [0.05, 0.1) is 0 Å². The van der Waals surface area contributed by atoms with E-state index in [0.717, 1.165) is 33.0 Å². The van der Waals surface area contributed by atoms with Crippen LogP contribution in [0.5, 0.6) is 5.75 Å². The average molecular weight is 643 g/mol. The summed E-state index contributed by atoms with van der Waals surface area (Å²) in [5.74, 6) is -4.52. The van der Waals surface area contributed by atoms with Crippen molar-refractivity contribution in [2.45, 2.75) is 63.6 Å². The predicted molar refractivity (Wildman–Crippen MR) is 156 cm³/mol. The van der Waals surface area contributed by atoms with E-state index in [1.807, 2.05) is 45.0 Å². The Bertz CT molecular complexity index is 1890. The van der Waals surface area contributed by atoms with Gasteiger partial charge < -0.3 is 4.18 Å². The van der Waals surface area contributed by atoms with E-state index in [2.05, 4.69) is 21.7 Å². The smallest absolute Gasteiger partial charge is 0.370 e. The minimum Gasteiger partial charge on any atom is -0.370 e. The van der Waals surface area contributed by atoms with Gasteiger partial charge in [0.2, 0.25) is 16.1 Å². The number of nitrogens with zero attached hydrogens (tertiary/aromatic N) is 1. The normalized spacial score (nSPS) is 21.5. The number of alkyl halides is 4. The number of benzene rings is 3. The lowest BCUT2D eigenvalue weighted by Gasteiger charge is -2.35. The molecule has 2 aliphatic rings. The summed E-state index contributed by atoms with van der Waals surface area (Å²) >= 11 is 6.97. The first-order valence-corrected chi connectivity index (χ1v) is 18.2. The SMILES string of the molecule is CC[N+]1=c2cc3c(cc2C(C)CC1(C)Cl)=C(c1ccccc1C)c1cc(F)c(OS(=O)(=O)C(F)(F)F)c(F)c1[Si]3(C)C. The van der Waals surface area contributed by atoms with Gasteiger partial charge in [-0.15, -0.1) is 0 Å². The van der Waals surface area contributed by atoms with Gasteiger partial charge in [-0.2, -0.15) is 21.6 Å². The molecule has 2 unspecified atom stereocenters. The molecule has 4 nitrogen and oxygen atoms in total. The minimum absolute atomic E-state index is 0.0393. The molecule has 0 fully saturated rings. The maximum Gasteiger partial charge on any atom is 0.534 e. The Morgan fingerprint density at radius 3 is 2.36 bits per heavy atom. The Hall–Kier alpha value is -2.76. The molecule has 0 bridgehead atoms. The van der Waals surface area contributed by atoms with E-state index in [0.29, 0.717) is 24.1 Å². The lowest BCUT2D eigenvalue weighted by molar-refractivity contribution is -0.0501. The fourth-order valence-corrected chi connectivity index (χ4v) is 10.6. The molecule has 5 rings (SSSR count). The van der Waals surface area contributed by atoms with E-state index in [9.17, 15) is 21.6 Å². The molecular formula is C30H30ClF5NO3SSi+. The highest BCUT2D eigenvalue weighted by molar-refractivity contribution is 7.88. The highest BCUT2D eigenvalue weighted by Crippen LogP contribution is 2.36. The molecular weight excluding hydrogens is 613 g/mol. The van der Waals surface area contributed by atoms with E-state index in [1.165, 1.54) is 0 Å². The molecule has 224 valence electrons. The summed E-state index contributed by atoms with van der Waals surface area (Å²) in [4.78, 5) is -0.683. The molecule has 0 aliphatic carbocycles. The maximum atomic E-state index is 16.4. The molecule has 3 aromatic rings. The van der Waals surface area contributed by atoms with Crippen molar-refractivity contribution in [3.8, 4) is 5.75 Å². The maximum absolute atomic E-state index is 16.4. The molecule has 0 N–H and O–H groups in total. The monoisotopic (exact) mass is 642 g/mol. The molecule has 0 spiro atoms. The Morgan fingerprint density at radius 2 is 1.76 bits per heavy atom. The van der Waals surface area contributed by atoms with Crippen LogP contribution in [0.2, 0.25) is 13.1 Å². The van der Waals surface area contributed by atoms with Gasteiger partial charge in [0.25, 0.3) is 0 Å². The number of aryl methyl sites for hydroxylation is 1. The average Bonchev–Trinajstić information content (AvgIpc) is 2.86. The van der Waals surface area contributed by atoms with E-state index < -0.39 is 46.1 Å². The van der Waals surface area contributed by atoms with Crippen molar-refractivity contribution in [1.29, 1.82) is 0 Å². The third kappa shape index (κ3) is 4.59. The Morgan fingerprint density at radius 1 is 1.12 bits per heavy atom. The molecule has 2 atom stereocenters. The first-order valence-electron chi connectivity index (χ1n) is 13.4. The van der Waals surface area contributed by atoms with Gasteiger partial charge in [-0.3, -0.25) is 0 Å². The van der Waals surface area contributed by atoms with Crippen LogP contribution in [0.25, 0.3) is 5.57 Å². The van der Waals surface area contributed by atoms with Crippen LogP contribution in [0.4, 0.5) is 22.0 Å². The molecule has 0 saturated heterocycles. The number of hydrogen-bond acceptors (Lipinski definition) is 3. The van der Waals surface area contributed by atoms with Crippen LogP contribution in [-0.4, -0.2) is 33.5 Å². The Labute approximate surface area is 247 Å². The minimum atomic E-state index is -6.33. The zero-order valence-electron chi connectivity index (χ0n) is 23.9. The standard InChI is InChI=1S/C30H30ClF5NO3SSi/c1-7-37-23-14-24-20(12-19(23)17(3)15-29(37,4)31)25(18-11-9-8-10-16(18)2)21-13-22(32)27(26(33)28(21)42(24,5)6)40-41(38,39)30(34,35)36/h8-14,17H,7,15H2,1-6H3/q+1. The molecule has 42 heavy (non-hydrogen) atoms. The van der Waals surface area contributed by atoms with Gasteiger partial charge in [0.15, 0.2) is 11.6 Å². The van der Waals surface area contributed by atoms with Crippen molar-refractivity contribution in [3.63, 3.8) is 0 Å². The molecule has 0 radical (unpaired) electrons. The topological polar surface area (TPSA) is 46.4 Å². The van der Waals surface area contributed by atoms with Crippen molar-refractivity contribution in [3.05, 3.63) is 86.9 Å². The van der Waals surface area contributed by atoms with Crippen molar-refractivity contribution in [1.82, 2.24) is 4.58 Å². The highest BCUT2D eigenvalue weighted by Gasteiger charge is 2.50. The highest BCUT2D eigenvalue weighted by atomic mass is 35.5. The third-order valence-corrected chi connectivity index (χ3v) is 13.3. The van der Waals surface area contributed by atoms with Crippen molar-refractivity contribution in [2.24, 2.45) is 0 Å². The second kappa shape index (κ2) is 9.88. The fourth-order valence-electron chi connectivity index (χ4n) is 6.55. The van der Waals surface area contributed by atoms with Gasteiger partial charge in [-0.1, -0.05) is 44.3 Å². The van der Waals surface area contributed by atoms with E-state index >= 15 is 8.78 Å². The van der Waals surface area contributed by atoms with Crippen LogP contribution in [0.15, 0.2) is 42.5 Å². The third-order valence-electron chi connectivity index (χ3n) is 8.45. The van der Waals surface area contributed by atoms with Crippen LogP contribution in [0.3, 0.4) is 0 Å². The molecule has 0 saturated carbocycles. The van der Waals surface area contributed by atoms with Gasteiger partial charge >= 0.3 is 15.6 Å². The number of halogens is 6. The summed E-state index contributed by atoms with van der Waals surface area (Å²) in [5, 5.41) is 2.38. The summed E-state index contributed by atoms with van der Waals surface area (Å²) in [6.45, 7) is 12.1. The van der Waals surface area contributed by atoms with Crippen molar-refractivity contribution < 1.29 is 34.6 Å². The summed E-state index contributed by atoms with van der Waals surface area (Å²) < 4.78 is 101. The predicted octanol–water partition coefficient (Wildman–Crippen LogP) is 4.86. The van der Waals surface area contributed by atoms with Crippen molar-refractivity contribution >= 4 is 45.7 Å². The molecule has 12 heteroatoms. The number of hydrogen-bond donors (Lipinski definition) is 0. The van der Waals surface area contributed by atoms with Gasteiger partial charge in [0.1, 0.15) is 14.6 Å². The zero-order chi connectivity index (χ0) is 31.2. The van der Waals surface area contributed by atoms with E-state index in [1.54, 1.807) is 19.2 Å². The number of fused-ring (bicyclic) bond motifs is 3. The summed E-state index contributed by atoms with van der Waals surface area (Å²) in [6, 6.07) is 12.2. The van der Waals surface area contributed by atoms with E-state index in [4.69, 9.17) is 11.6 Å². The lowest BCUT2D eigenvalue weighted by Crippen LogP contribution is -2.66. The molecule has 2 heterocycles. The zero-order valence-corrected chi connectivity index (χ0v) is 26.5. The van der Waals surface area contributed by atoms with Crippen LogP contribution in [0, 0.1) is 18.6 Å². The summed E-state index contributed by atoms with van der Waals surface area (Å²) in [6.07, 6.45) is 0.670. The number of rotatable bonds is 4. The fraction of sp³-hybridized carbons (Fsp3) is 0.367. The molecule has 2 aliphatic heterocycles. The largest absolute Gasteiger partial charge is 0.534 e. The van der Waals surface area contributed by atoms with Crippen LogP contribution >= 0.6 is 11.6 Å². The van der Waals surface area contributed by atoms with Gasteiger partial charge in [0, 0.05) is 25.0 Å². The first-order chi connectivity index (χ1) is 19.3.